The van der Waals surface area contributed by atoms with Gasteiger partial charge in [0.05, 0.1) is 30.6 Å². The van der Waals surface area contributed by atoms with Gasteiger partial charge >= 0.3 is 0 Å². The van der Waals surface area contributed by atoms with Crippen LogP contribution in [0.5, 0.6) is 5.88 Å². The monoisotopic (exact) mass is 580 g/mol. The molecule has 224 valence electrons. The second-order valence-electron chi connectivity index (χ2n) is 11.9. The Bertz CT molecular complexity index is 1580. The number of aromatic nitrogens is 1. The second kappa shape index (κ2) is 12.2. The number of aliphatic hydroxyl groups is 1. The Labute approximate surface area is 253 Å². The minimum Gasteiger partial charge on any atom is -0.475 e. The average molecular weight is 581 g/mol. The molecule has 9 nitrogen and oxygen atoms in total. The van der Waals surface area contributed by atoms with Crippen LogP contribution in [0.25, 0.3) is 10.8 Å². The summed E-state index contributed by atoms with van der Waals surface area (Å²) in [5.41, 5.74) is 5.65. The summed E-state index contributed by atoms with van der Waals surface area (Å²) in [6.45, 7) is 9.90. The van der Waals surface area contributed by atoms with E-state index in [2.05, 4.69) is 77.7 Å². The summed E-state index contributed by atoms with van der Waals surface area (Å²) in [5, 5.41) is 23.2. The van der Waals surface area contributed by atoms with E-state index in [1.165, 1.54) is 28.1 Å². The molecule has 3 aromatic rings. The molecule has 2 aromatic carbocycles. The number of ether oxygens (including phenoxy) is 1. The van der Waals surface area contributed by atoms with E-state index in [9.17, 15) is 15.2 Å². The minimum atomic E-state index is -0.398. The molecule has 0 radical (unpaired) electrons. The molecule has 1 N–H and O–H groups in total. The van der Waals surface area contributed by atoms with E-state index in [1.54, 1.807) is 4.90 Å². The Morgan fingerprint density at radius 3 is 2.70 bits per heavy atom. The Hall–Kier alpha value is -4.13. The molecule has 9 heteroatoms. The van der Waals surface area contributed by atoms with Crippen LogP contribution >= 0.6 is 0 Å². The van der Waals surface area contributed by atoms with E-state index < -0.39 is 6.04 Å². The molecule has 2 atom stereocenters. The van der Waals surface area contributed by atoms with Crippen molar-refractivity contribution in [3.8, 4) is 11.9 Å². The summed E-state index contributed by atoms with van der Waals surface area (Å²) in [6, 6.07) is 15.2. The number of pyridine rings is 1. The summed E-state index contributed by atoms with van der Waals surface area (Å²) in [4.78, 5) is 26.0. The van der Waals surface area contributed by atoms with Crippen LogP contribution in [0, 0.1) is 18.3 Å². The number of likely N-dealkylation sites (tertiary alicyclic amines) is 1. The van der Waals surface area contributed by atoms with Gasteiger partial charge in [0, 0.05) is 48.9 Å². The number of likely N-dealkylation sites (N-methyl/N-ethyl adjacent to an activating group) is 1. The van der Waals surface area contributed by atoms with Crippen LogP contribution in [0.4, 0.5) is 11.4 Å². The van der Waals surface area contributed by atoms with Crippen LogP contribution in [-0.4, -0.2) is 90.9 Å². The smallest absolute Gasteiger partial charge is 0.246 e. The van der Waals surface area contributed by atoms with E-state index in [0.29, 0.717) is 44.2 Å². The lowest BCUT2D eigenvalue weighted by atomic mass is 9.96. The van der Waals surface area contributed by atoms with Crippen molar-refractivity contribution in [3.63, 3.8) is 0 Å². The highest BCUT2D eigenvalue weighted by atomic mass is 16.5. The van der Waals surface area contributed by atoms with Crippen LogP contribution < -0.4 is 14.5 Å². The first kappa shape index (κ1) is 29.0. The van der Waals surface area contributed by atoms with Crippen LogP contribution in [0.2, 0.25) is 0 Å². The summed E-state index contributed by atoms with van der Waals surface area (Å²) in [5.74, 6) is 0.180. The zero-order valence-electron chi connectivity index (χ0n) is 25.1. The lowest BCUT2D eigenvalue weighted by Crippen LogP contribution is -2.56. The summed E-state index contributed by atoms with van der Waals surface area (Å²) >= 11 is 0. The van der Waals surface area contributed by atoms with Crippen molar-refractivity contribution in [2.45, 2.75) is 44.8 Å². The quantitative estimate of drug-likeness (QED) is 0.424. The summed E-state index contributed by atoms with van der Waals surface area (Å²) in [7, 11) is 2.11. The largest absolute Gasteiger partial charge is 0.475 e. The van der Waals surface area contributed by atoms with E-state index in [1.807, 2.05) is 0 Å². The fourth-order valence-electron chi connectivity index (χ4n) is 7.05. The molecule has 2 fully saturated rings. The maximum absolute atomic E-state index is 12.5. The molecule has 1 amide bonds. The number of anilines is 2. The van der Waals surface area contributed by atoms with Crippen molar-refractivity contribution >= 4 is 28.1 Å². The number of nitriles is 1. The minimum absolute atomic E-state index is 0.170. The molecule has 6 rings (SSSR count). The molecule has 4 heterocycles. The van der Waals surface area contributed by atoms with Crippen LogP contribution in [0.1, 0.15) is 35.2 Å². The first-order chi connectivity index (χ1) is 20.9. The van der Waals surface area contributed by atoms with E-state index in [4.69, 9.17) is 9.72 Å². The van der Waals surface area contributed by atoms with Gasteiger partial charge in [-0.2, -0.15) is 5.26 Å². The van der Waals surface area contributed by atoms with Gasteiger partial charge in [-0.15, -0.1) is 0 Å². The van der Waals surface area contributed by atoms with Crippen molar-refractivity contribution in [1.29, 1.82) is 5.26 Å². The third kappa shape index (κ3) is 5.41. The SMILES string of the molecule is C=CC(=O)N1CCN(c2c(C#N)c(OCC3CCCN3C)nc3c2CCN(c2cccc4cccc(C)c24)C3)CC1CO. The second-order valence-corrected chi connectivity index (χ2v) is 11.9. The molecule has 2 unspecified atom stereocenters. The number of amides is 1. The van der Waals surface area contributed by atoms with Gasteiger partial charge < -0.3 is 29.4 Å². The van der Waals surface area contributed by atoms with Gasteiger partial charge in [0.15, 0.2) is 0 Å². The third-order valence-electron chi connectivity index (χ3n) is 9.39. The van der Waals surface area contributed by atoms with Crippen molar-refractivity contribution < 1.29 is 14.6 Å². The van der Waals surface area contributed by atoms with Gasteiger partial charge in [-0.1, -0.05) is 36.9 Å². The number of hydrogen-bond donors (Lipinski definition) is 1. The number of aryl methyl sites for hydroxylation is 1. The Morgan fingerprint density at radius 2 is 1.98 bits per heavy atom. The number of carbonyl (C=O) groups excluding carboxylic acids is 1. The molecular weight excluding hydrogens is 540 g/mol. The number of rotatable bonds is 7. The zero-order chi connectivity index (χ0) is 30.1. The first-order valence-electron chi connectivity index (χ1n) is 15.2. The Kier molecular flexibility index (Phi) is 8.24. The van der Waals surface area contributed by atoms with Gasteiger partial charge in [-0.3, -0.25) is 4.79 Å². The van der Waals surface area contributed by atoms with Crippen molar-refractivity contribution in [2.75, 3.05) is 62.8 Å². The van der Waals surface area contributed by atoms with E-state index in [-0.39, 0.29) is 18.6 Å². The number of aliphatic hydroxyl groups excluding tert-OH is 1. The van der Waals surface area contributed by atoms with Crippen LogP contribution in [0.15, 0.2) is 49.1 Å². The fourth-order valence-corrected chi connectivity index (χ4v) is 7.05. The number of fused-ring (bicyclic) bond motifs is 2. The topological polar surface area (TPSA) is 96.2 Å². The standard InChI is InChI=1S/C34H40N6O3/c1-4-31(42)40-17-16-39(19-26(40)21-41)33-27-13-15-38(30-12-6-10-24-9-5-8-23(2)32(24)30)20-29(27)36-34(28(33)18-35)43-22-25-11-7-14-37(25)3/h4-6,8-10,12,25-26,41H,1,7,11,13-17,19-22H2,2-3H3. The highest BCUT2D eigenvalue weighted by Gasteiger charge is 2.35. The molecule has 0 spiro atoms. The lowest BCUT2D eigenvalue weighted by molar-refractivity contribution is -0.129. The van der Waals surface area contributed by atoms with Gasteiger partial charge in [0.25, 0.3) is 0 Å². The molecule has 0 bridgehead atoms. The predicted octanol–water partition coefficient (Wildman–Crippen LogP) is 3.65. The normalized spacial score (nSPS) is 20.7. The number of hydrogen-bond acceptors (Lipinski definition) is 8. The van der Waals surface area contributed by atoms with Crippen molar-refractivity contribution in [2.24, 2.45) is 0 Å². The Balaban J connectivity index is 1.40. The maximum atomic E-state index is 12.5. The highest BCUT2D eigenvalue weighted by molar-refractivity contribution is 5.97. The molecule has 1 aromatic heterocycles. The number of benzene rings is 2. The zero-order valence-corrected chi connectivity index (χ0v) is 25.1. The van der Waals surface area contributed by atoms with Gasteiger partial charge in [-0.25, -0.2) is 4.98 Å². The van der Waals surface area contributed by atoms with Crippen LogP contribution in [0.3, 0.4) is 0 Å². The molecule has 0 aliphatic carbocycles. The third-order valence-corrected chi connectivity index (χ3v) is 9.39. The summed E-state index contributed by atoms with van der Waals surface area (Å²) < 4.78 is 6.39. The van der Waals surface area contributed by atoms with E-state index in [0.717, 1.165) is 49.3 Å². The Morgan fingerprint density at radius 1 is 1.16 bits per heavy atom. The van der Waals surface area contributed by atoms with Crippen molar-refractivity contribution in [3.05, 3.63) is 71.4 Å². The van der Waals surface area contributed by atoms with Gasteiger partial charge in [-0.05, 0) is 62.9 Å². The molecular formula is C34H40N6O3. The highest BCUT2D eigenvalue weighted by Crippen LogP contribution is 2.40. The fraction of sp³-hybridized carbons (Fsp3) is 0.441. The summed E-state index contributed by atoms with van der Waals surface area (Å²) in [6.07, 6.45) is 4.20. The predicted molar refractivity (Wildman–Crippen MR) is 169 cm³/mol. The lowest BCUT2D eigenvalue weighted by Gasteiger charge is -2.43. The molecule has 3 aliphatic heterocycles. The molecule has 2 saturated heterocycles. The van der Waals surface area contributed by atoms with Gasteiger partial charge in [0.1, 0.15) is 18.2 Å². The molecule has 43 heavy (non-hydrogen) atoms. The molecule has 3 aliphatic rings. The first-order valence-corrected chi connectivity index (χ1v) is 15.2. The number of nitrogens with zero attached hydrogens (tertiary/aromatic N) is 6. The van der Waals surface area contributed by atoms with Crippen molar-refractivity contribution in [1.82, 2.24) is 14.8 Å². The maximum Gasteiger partial charge on any atom is 0.246 e. The number of carbonyl (C=O) groups is 1. The number of piperazine rings is 1. The van der Waals surface area contributed by atoms with Crippen LogP contribution in [-0.2, 0) is 17.8 Å². The average Bonchev–Trinajstić information content (AvgIpc) is 3.46. The van der Waals surface area contributed by atoms with Gasteiger partial charge in [0.2, 0.25) is 11.8 Å². The molecule has 0 saturated carbocycles. The van der Waals surface area contributed by atoms with E-state index >= 15 is 0 Å².